The van der Waals surface area contributed by atoms with E-state index in [4.69, 9.17) is 0 Å². The summed E-state index contributed by atoms with van der Waals surface area (Å²) in [5.41, 5.74) is 5.02. The molecule has 12 heavy (non-hydrogen) atoms. The molecule has 0 heterocycles. The molecule has 0 aliphatic carbocycles. The van der Waals surface area contributed by atoms with Crippen LogP contribution in [0.1, 0.15) is 11.1 Å². The van der Waals surface area contributed by atoms with Crippen molar-refractivity contribution in [3.8, 4) is 0 Å². The standard InChI is InChI=1S/C10H16N2/c1-7-8(2)10(12-4)6-5-9(7)11-3/h5-6,11-12H,1-4H3. The summed E-state index contributed by atoms with van der Waals surface area (Å²) in [5, 5.41) is 6.32. The molecular formula is C10H16N2. The maximum atomic E-state index is 3.16. The number of anilines is 2. The van der Waals surface area contributed by atoms with Gasteiger partial charge in [0.15, 0.2) is 0 Å². The van der Waals surface area contributed by atoms with E-state index in [1.165, 1.54) is 22.5 Å². The highest BCUT2D eigenvalue weighted by Gasteiger charge is 2.02. The fraction of sp³-hybridized carbons (Fsp3) is 0.400. The maximum absolute atomic E-state index is 3.16. The van der Waals surface area contributed by atoms with Crippen molar-refractivity contribution in [2.75, 3.05) is 24.7 Å². The van der Waals surface area contributed by atoms with Gasteiger partial charge in [0.1, 0.15) is 0 Å². The van der Waals surface area contributed by atoms with Gasteiger partial charge in [-0.3, -0.25) is 0 Å². The van der Waals surface area contributed by atoms with Gasteiger partial charge in [-0.2, -0.15) is 0 Å². The van der Waals surface area contributed by atoms with Crippen LogP contribution in [-0.2, 0) is 0 Å². The molecule has 0 bridgehead atoms. The van der Waals surface area contributed by atoms with Crippen LogP contribution in [0.4, 0.5) is 11.4 Å². The van der Waals surface area contributed by atoms with Crippen LogP contribution in [0.5, 0.6) is 0 Å². The Morgan fingerprint density at radius 3 is 1.42 bits per heavy atom. The summed E-state index contributed by atoms with van der Waals surface area (Å²) in [4.78, 5) is 0. The highest BCUT2D eigenvalue weighted by Crippen LogP contribution is 2.24. The topological polar surface area (TPSA) is 24.1 Å². The molecule has 1 aromatic carbocycles. The van der Waals surface area contributed by atoms with E-state index in [-0.39, 0.29) is 0 Å². The first-order valence-corrected chi connectivity index (χ1v) is 4.16. The molecular weight excluding hydrogens is 148 g/mol. The minimum absolute atomic E-state index is 1.20. The second-order valence-electron chi connectivity index (χ2n) is 2.91. The lowest BCUT2D eigenvalue weighted by atomic mass is 10.1. The first-order valence-electron chi connectivity index (χ1n) is 4.16. The zero-order valence-corrected chi connectivity index (χ0v) is 8.15. The zero-order chi connectivity index (χ0) is 9.14. The maximum Gasteiger partial charge on any atom is 0.0371 e. The van der Waals surface area contributed by atoms with Crippen molar-refractivity contribution < 1.29 is 0 Å². The summed E-state index contributed by atoms with van der Waals surface area (Å²) in [6, 6.07) is 4.18. The smallest absolute Gasteiger partial charge is 0.0371 e. The van der Waals surface area contributed by atoms with E-state index >= 15 is 0 Å². The summed E-state index contributed by atoms with van der Waals surface area (Å²) in [7, 11) is 3.89. The van der Waals surface area contributed by atoms with E-state index in [0.29, 0.717) is 0 Å². The van der Waals surface area contributed by atoms with Crippen molar-refractivity contribution in [1.29, 1.82) is 0 Å². The van der Waals surface area contributed by atoms with Gasteiger partial charge in [-0.15, -0.1) is 0 Å². The minimum Gasteiger partial charge on any atom is -0.388 e. The summed E-state index contributed by atoms with van der Waals surface area (Å²) in [5.74, 6) is 0. The molecule has 0 amide bonds. The highest BCUT2D eigenvalue weighted by molar-refractivity contribution is 5.64. The van der Waals surface area contributed by atoms with Gasteiger partial charge >= 0.3 is 0 Å². The first kappa shape index (κ1) is 8.91. The molecule has 2 nitrogen and oxygen atoms in total. The van der Waals surface area contributed by atoms with Crippen LogP contribution in [0.25, 0.3) is 0 Å². The van der Waals surface area contributed by atoms with Crippen molar-refractivity contribution in [2.24, 2.45) is 0 Å². The lowest BCUT2D eigenvalue weighted by Crippen LogP contribution is -1.98. The van der Waals surface area contributed by atoms with Crippen molar-refractivity contribution in [3.05, 3.63) is 23.3 Å². The van der Waals surface area contributed by atoms with Crippen LogP contribution in [-0.4, -0.2) is 14.1 Å². The van der Waals surface area contributed by atoms with Crippen LogP contribution >= 0.6 is 0 Å². The van der Waals surface area contributed by atoms with Crippen LogP contribution in [0.15, 0.2) is 12.1 Å². The van der Waals surface area contributed by atoms with E-state index in [1.807, 2.05) is 14.1 Å². The monoisotopic (exact) mass is 164 g/mol. The Labute approximate surface area is 74.0 Å². The average Bonchev–Trinajstić information content (AvgIpc) is 2.10. The van der Waals surface area contributed by atoms with Crippen LogP contribution in [0, 0.1) is 13.8 Å². The lowest BCUT2D eigenvalue weighted by Gasteiger charge is -2.12. The summed E-state index contributed by atoms with van der Waals surface area (Å²) in [6.07, 6.45) is 0. The zero-order valence-electron chi connectivity index (χ0n) is 8.15. The normalized spacial score (nSPS) is 9.67. The molecule has 1 rings (SSSR count). The van der Waals surface area contributed by atoms with E-state index in [0.717, 1.165) is 0 Å². The molecule has 0 aliphatic heterocycles. The van der Waals surface area contributed by atoms with Crippen molar-refractivity contribution in [3.63, 3.8) is 0 Å². The Morgan fingerprint density at radius 2 is 1.17 bits per heavy atom. The fourth-order valence-electron chi connectivity index (χ4n) is 1.36. The molecule has 0 fully saturated rings. The van der Waals surface area contributed by atoms with E-state index in [9.17, 15) is 0 Å². The van der Waals surface area contributed by atoms with Gasteiger partial charge in [0.05, 0.1) is 0 Å². The Bertz CT molecular complexity index is 250. The van der Waals surface area contributed by atoms with E-state index in [1.54, 1.807) is 0 Å². The van der Waals surface area contributed by atoms with Gasteiger partial charge in [-0.05, 0) is 37.1 Å². The number of rotatable bonds is 2. The molecule has 0 aliphatic rings. The number of nitrogens with one attached hydrogen (secondary N) is 2. The molecule has 0 saturated heterocycles. The Morgan fingerprint density at radius 1 is 0.833 bits per heavy atom. The van der Waals surface area contributed by atoms with E-state index < -0.39 is 0 Å². The second-order valence-corrected chi connectivity index (χ2v) is 2.91. The van der Waals surface area contributed by atoms with Crippen molar-refractivity contribution >= 4 is 11.4 Å². The third kappa shape index (κ3) is 1.37. The predicted molar refractivity (Wildman–Crippen MR) is 55.0 cm³/mol. The number of benzene rings is 1. The summed E-state index contributed by atoms with van der Waals surface area (Å²) < 4.78 is 0. The third-order valence-corrected chi connectivity index (χ3v) is 2.33. The van der Waals surface area contributed by atoms with Gasteiger partial charge in [-0.25, -0.2) is 0 Å². The SMILES string of the molecule is CNc1ccc(NC)c(C)c1C. The Balaban J connectivity index is 3.20. The van der Waals surface area contributed by atoms with Crippen molar-refractivity contribution in [2.45, 2.75) is 13.8 Å². The molecule has 2 N–H and O–H groups in total. The van der Waals surface area contributed by atoms with Crippen LogP contribution < -0.4 is 10.6 Å². The number of hydrogen-bond donors (Lipinski definition) is 2. The predicted octanol–water partition coefficient (Wildman–Crippen LogP) is 2.39. The number of hydrogen-bond acceptors (Lipinski definition) is 2. The first-order chi connectivity index (χ1) is 5.70. The van der Waals surface area contributed by atoms with Crippen LogP contribution in [0.3, 0.4) is 0 Å². The Hall–Kier alpha value is -1.18. The van der Waals surface area contributed by atoms with E-state index in [2.05, 4.69) is 36.6 Å². The van der Waals surface area contributed by atoms with Gasteiger partial charge in [-0.1, -0.05) is 0 Å². The minimum atomic E-state index is 1.20. The molecule has 1 aromatic rings. The summed E-state index contributed by atoms with van der Waals surface area (Å²) in [6.45, 7) is 4.25. The molecule has 0 saturated carbocycles. The molecule has 0 radical (unpaired) electrons. The largest absolute Gasteiger partial charge is 0.388 e. The third-order valence-electron chi connectivity index (χ3n) is 2.33. The average molecular weight is 164 g/mol. The molecule has 0 aromatic heterocycles. The van der Waals surface area contributed by atoms with Crippen molar-refractivity contribution in [1.82, 2.24) is 0 Å². The van der Waals surface area contributed by atoms with Gasteiger partial charge < -0.3 is 10.6 Å². The van der Waals surface area contributed by atoms with Gasteiger partial charge in [0.2, 0.25) is 0 Å². The highest BCUT2D eigenvalue weighted by atomic mass is 14.8. The second kappa shape index (κ2) is 3.48. The molecule has 0 spiro atoms. The Kier molecular flexibility index (Phi) is 2.58. The van der Waals surface area contributed by atoms with Gasteiger partial charge in [0.25, 0.3) is 0 Å². The molecule has 2 heteroatoms. The molecule has 0 unspecified atom stereocenters. The van der Waals surface area contributed by atoms with Gasteiger partial charge in [0, 0.05) is 25.5 Å². The molecule has 66 valence electrons. The fourth-order valence-corrected chi connectivity index (χ4v) is 1.36. The quantitative estimate of drug-likeness (QED) is 0.701. The summed E-state index contributed by atoms with van der Waals surface area (Å²) >= 11 is 0. The lowest BCUT2D eigenvalue weighted by molar-refractivity contribution is 1.30. The molecule has 0 atom stereocenters. The van der Waals surface area contributed by atoms with Crippen LogP contribution in [0.2, 0.25) is 0 Å².